The lowest BCUT2D eigenvalue weighted by Gasteiger charge is -2.29. The van der Waals surface area contributed by atoms with Gasteiger partial charge < -0.3 is 15.7 Å². The van der Waals surface area contributed by atoms with Crippen LogP contribution in [-0.4, -0.2) is 24.2 Å². The maximum Gasteiger partial charge on any atom is 0.227 e. The van der Waals surface area contributed by atoms with Crippen LogP contribution in [0, 0.1) is 0 Å². The van der Waals surface area contributed by atoms with Crippen molar-refractivity contribution in [3.63, 3.8) is 0 Å². The van der Waals surface area contributed by atoms with Crippen LogP contribution in [0.3, 0.4) is 0 Å². The van der Waals surface area contributed by atoms with Crippen molar-refractivity contribution in [3.05, 3.63) is 23.8 Å². The molecular formula is C15H22N2O2. The van der Waals surface area contributed by atoms with E-state index in [9.17, 15) is 4.79 Å². The molecule has 0 bridgehead atoms. The van der Waals surface area contributed by atoms with E-state index in [4.69, 9.17) is 10.8 Å². The standard InChI is InChI=1S/C15H22N2O2/c16-13-6-7-14-12(11-13)5-8-15(19)17(14)9-3-1-2-4-10-18/h6-7,11,18H,1-5,8-10,16H2. The van der Waals surface area contributed by atoms with Crippen LogP contribution in [0.1, 0.15) is 37.7 Å². The number of anilines is 2. The normalized spacial score (nSPS) is 14.6. The molecule has 0 aliphatic carbocycles. The van der Waals surface area contributed by atoms with Crippen LogP contribution in [0.5, 0.6) is 0 Å². The summed E-state index contributed by atoms with van der Waals surface area (Å²) in [7, 11) is 0. The van der Waals surface area contributed by atoms with Gasteiger partial charge in [-0.2, -0.15) is 0 Å². The largest absolute Gasteiger partial charge is 0.399 e. The topological polar surface area (TPSA) is 66.6 Å². The Kier molecular flexibility index (Phi) is 4.80. The monoisotopic (exact) mass is 262 g/mol. The Bertz CT molecular complexity index is 446. The fourth-order valence-corrected chi connectivity index (χ4v) is 2.56. The minimum Gasteiger partial charge on any atom is -0.399 e. The number of unbranched alkanes of at least 4 members (excludes halogenated alkanes) is 3. The van der Waals surface area contributed by atoms with E-state index >= 15 is 0 Å². The highest BCUT2D eigenvalue weighted by Gasteiger charge is 2.23. The molecule has 4 heteroatoms. The lowest BCUT2D eigenvalue weighted by molar-refractivity contribution is -0.118. The molecule has 0 fully saturated rings. The zero-order valence-electron chi connectivity index (χ0n) is 11.3. The number of fused-ring (bicyclic) bond motifs is 1. The smallest absolute Gasteiger partial charge is 0.227 e. The molecule has 0 saturated heterocycles. The summed E-state index contributed by atoms with van der Waals surface area (Å²) in [5.41, 5.74) is 8.75. The first kappa shape index (κ1) is 13.9. The summed E-state index contributed by atoms with van der Waals surface area (Å²) in [6, 6.07) is 5.78. The van der Waals surface area contributed by atoms with Crippen molar-refractivity contribution in [2.75, 3.05) is 23.8 Å². The third kappa shape index (κ3) is 3.47. The van der Waals surface area contributed by atoms with Gasteiger partial charge in [-0.25, -0.2) is 0 Å². The quantitative estimate of drug-likeness (QED) is 0.609. The Balaban J connectivity index is 1.98. The highest BCUT2D eigenvalue weighted by atomic mass is 16.2. The molecule has 3 N–H and O–H groups in total. The Morgan fingerprint density at radius 1 is 1.16 bits per heavy atom. The Labute approximate surface area is 114 Å². The molecule has 0 atom stereocenters. The summed E-state index contributed by atoms with van der Waals surface area (Å²) >= 11 is 0. The van der Waals surface area contributed by atoms with Crippen LogP contribution in [-0.2, 0) is 11.2 Å². The van der Waals surface area contributed by atoms with E-state index in [0.717, 1.165) is 50.0 Å². The molecule has 2 rings (SSSR count). The Morgan fingerprint density at radius 2 is 1.95 bits per heavy atom. The Morgan fingerprint density at radius 3 is 2.74 bits per heavy atom. The number of hydrogen-bond donors (Lipinski definition) is 2. The predicted molar refractivity (Wildman–Crippen MR) is 77.1 cm³/mol. The van der Waals surface area contributed by atoms with Crippen molar-refractivity contribution in [2.24, 2.45) is 0 Å². The van der Waals surface area contributed by atoms with Gasteiger partial charge in [0.1, 0.15) is 0 Å². The first-order valence-corrected chi connectivity index (χ1v) is 7.02. The molecule has 1 aromatic carbocycles. The van der Waals surface area contributed by atoms with Crippen LogP contribution in [0.4, 0.5) is 11.4 Å². The van der Waals surface area contributed by atoms with E-state index in [0.29, 0.717) is 6.42 Å². The van der Waals surface area contributed by atoms with Gasteiger partial charge in [-0.3, -0.25) is 4.79 Å². The fraction of sp³-hybridized carbons (Fsp3) is 0.533. The highest BCUT2D eigenvalue weighted by molar-refractivity contribution is 5.96. The van der Waals surface area contributed by atoms with Gasteiger partial charge in [-0.1, -0.05) is 12.8 Å². The SMILES string of the molecule is Nc1ccc2c(c1)CCC(=O)N2CCCCCCO. The van der Waals surface area contributed by atoms with Crippen molar-refractivity contribution in [1.82, 2.24) is 0 Å². The fourth-order valence-electron chi connectivity index (χ4n) is 2.56. The van der Waals surface area contributed by atoms with Crippen LogP contribution in [0.2, 0.25) is 0 Å². The molecular weight excluding hydrogens is 240 g/mol. The van der Waals surface area contributed by atoms with Crippen molar-refractivity contribution in [1.29, 1.82) is 0 Å². The molecule has 19 heavy (non-hydrogen) atoms. The van der Waals surface area contributed by atoms with Crippen LogP contribution >= 0.6 is 0 Å². The van der Waals surface area contributed by atoms with E-state index in [1.807, 2.05) is 23.1 Å². The number of aryl methyl sites for hydroxylation is 1. The van der Waals surface area contributed by atoms with Gasteiger partial charge in [-0.15, -0.1) is 0 Å². The average Bonchev–Trinajstić information content (AvgIpc) is 2.41. The van der Waals surface area contributed by atoms with Gasteiger partial charge >= 0.3 is 0 Å². The molecule has 0 saturated carbocycles. The first-order valence-electron chi connectivity index (χ1n) is 7.02. The van der Waals surface area contributed by atoms with E-state index in [1.54, 1.807) is 0 Å². The molecule has 1 aliphatic rings. The van der Waals surface area contributed by atoms with E-state index in [2.05, 4.69) is 0 Å². The lowest BCUT2D eigenvalue weighted by Crippen LogP contribution is -2.35. The number of nitrogens with two attached hydrogens (primary N) is 1. The average molecular weight is 262 g/mol. The predicted octanol–water partition coefficient (Wildman–Crippen LogP) is 2.10. The van der Waals surface area contributed by atoms with Crippen LogP contribution < -0.4 is 10.6 Å². The summed E-state index contributed by atoms with van der Waals surface area (Å²) in [5.74, 6) is 0.208. The summed E-state index contributed by atoms with van der Waals surface area (Å²) in [4.78, 5) is 13.9. The zero-order valence-corrected chi connectivity index (χ0v) is 11.3. The number of aliphatic hydroxyl groups excluding tert-OH is 1. The van der Waals surface area contributed by atoms with E-state index in [-0.39, 0.29) is 12.5 Å². The van der Waals surface area contributed by atoms with Crippen molar-refractivity contribution in [2.45, 2.75) is 38.5 Å². The summed E-state index contributed by atoms with van der Waals surface area (Å²) in [6.45, 7) is 1.02. The van der Waals surface area contributed by atoms with Crippen molar-refractivity contribution >= 4 is 17.3 Å². The second-order valence-electron chi connectivity index (χ2n) is 5.07. The number of aliphatic hydroxyl groups is 1. The van der Waals surface area contributed by atoms with Gasteiger partial charge in [0.15, 0.2) is 0 Å². The van der Waals surface area contributed by atoms with Gasteiger partial charge in [0.2, 0.25) is 5.91 Å². The number of rotatable bonds is 6. The maximum absolute atomic E-state index is 12.0. The highest BCUT2D eigenvalue weighted by Crippen LogP contribution is 2.29. The maximum atomic E-state index is 12.0. The second kappa shape index (κ2) is 6.57. The first-order chi connectivity index (χ1) is 9.22. The number of nitrogens with zero attached hydrogens (tertiary/aromatic N) is 1. The number of amides is 1. The molecule has 1 heterocycles. The third-order valence-corrected chi connectivity index (χ3v) is 3.59. The summed E-state index contributed by atoms with van der Waals surface area (Å²) in [5, 5.41) is 8.74. The molecule has 0 spiro atoms. The molecule has 0 unspecified atom stereocenters. The number of carbonyl (C=O) groups excluding carboxylic acids is 1. The van der Waals surface area contributed by atoms with Gasteiger partial charge in [0.05, 0.1) is 0 Å². The summed E-state index contributed by atoms with van der Waals surface area (Å²) in [6.07, 6.45) is 5.27. The molecule has 1 aliphatic heterocycles. The van der Waals surface area contributed by atoms with Gasteiger partial charge in [0, 0.05) is 30.9 Å². The van der Waals surface area contributed by atoms with E-state index in [1.165, 1.54) is 5.56 Å². The minimum atomic E-state index is 0.208. The Hall–Kier alpha value is -1.55. The molecule has 4 nitrogen and oxygen atoms in total. The number of carbonyl (C=O) groups is 1. The van der Waals surface area contributed by atoms with Crippen LogP contribution in [0.25, 0.3) is 0 Å². The van der Waals surface area contributed by atoms with Crippen LogP contribution in [0.15, 0.2) is 18.2 Å². The third-order valence-electron chi connectivity index (χ3n) is 3.59. The molecule has 1 aromatic rings. The summed E-state index contributed by atoms with van der Waals surface area (Å²) < 4.78 is 0. The molecule has 1 amide bonds. The molecule has 104 valence electrons. The minimum absolute atomic E-state index is 0.208. The molecule has 0 radical (unpaired) electrons. The lowest BCUT2D eigenvalue weighted by atomic mass is 10.00. The van der Waals surface area contributed by atoms with Crippen molar-refractivity contribution < 1.29 is 9.90 Å². The zero-order chi connectivity index (χ0) is 13.7. The number of hydrogen-bond acceptors (Lipinski definition) is 3. The van der Waals surface area contributed by atoms with Crippen molar-refractivity contribution in [3.8, 4) is 0 Å². The number of benzene rings is 1. The molecule has 0 aromatic heterocycles. The second-order valence-corrected chi connectivity index (χ2v) is 5.07. The van der Waals surface area contributed by atoms with Gasteiger partial charge in [-0.05, 0) is 43.0 Å². The van der Waals surface area contributed by atoms with E-state index < -0.39 is 0 Å². The van der Waals surface area contributed by atoms with Gasteiger partial charge in [0.25, 0.3) is 0 Å². The number of nitrogen functional groups attached to an aromatic ring is 1.